The van der Waals surface area contributed by atoms with Crippen molar-refractivity contribution in [1.29, 1.82) is 0 Å². The Morgan fingerprint density at radius 2 is 1.88 bits per heavy atom. The zero-order chi connectivity index (χ0) is 17.9. The number of nitrogens with zero attached hydrogens (tertiary/aromatic N) is 3. The predicted molar refractivity (Wildman–Crippen MR) is 101 cm³/mol. The lowest BCUT2D eigenvalue weighted by atomic mass is 9.93. The van der Waals surface area contributed by atoms with Crippen LogP contribution in [0.15, 0.2) is 31.0 Å². The van der Waals surface area contributed by atoms with Crippen LogP contribution in [0.2, 0.25) is 0 Å². The van der Waals surface area contributed by atoms with E-state index in [0.717, 1.165) is 14.5 Å². The summed E-state index contributed by atoms with van der Waals surface area (Å²) < 4.78 is 6.83. The van der Waals surface area contributed by atoms with E-state index in [1.54, 1.807) is 13.3 Å². The number of H-pyrrole nitrogens is 1. The van der Waals surface area contributed by atoms with E-state index in [-0.39, 0.29) is 16.9 Å². The highest BCUT2D eigenvalue weighted by Crippen LogP contribution is 2.33. The van der Waals surface area contributed by atoms with Gasteiger partial charge in [-0.3, -0.25) is 9.78 Å². The number of nitrogens with one attached hydrogen (secondary N) is 2. The molecular formula is C15H17Br2N5O2. The number of hydrazone groups is 1. The Morgan fingerprint density at radius 3 is 2.38 bits per heavy atom. The lowest BCUT2D eigenvalue weighted by Crippen LogP contribution is -2.28. The fraction of sp³-hybridized carbons (Fsp3) is 0.333. The molecule has 2 rings (SSSR count). The van der Waals surface area contributed by atoms with Gasteiger partial charge >= 0.3 is 0 Å². The third-order valence-corrected chi connectivity index (χ3v) is 4.19. The molecule has 0 amide bonds. The molecule has 0 aliphatic carbocycles. The molecular weight excluding hydrogens is 442 g/mol. The van der Waals surface area contributed by atoms with E-state index in [0.29, 0.717) is 11.4 Å². The van der Waals surface area contributed by atoms with E-state index in [1.165, 1.54) is 0 Å². The van der Waals surface area contributed by atoms with Crippen LogP contribution < -0.4 is 15.7 Å². The SMILES string of the molecule is COc1c(Br)cc(/C=N/Nc2nnc(C(C)(C)C)c(=O)[nH]2)cc1Br. The summed E-state index contributed by atoms with van der Waals surface area (Å²) in [7, 11) is 1.59. The van der Waals surface area contributed by atoms with Crippen LogP contribution in [0.5, 0.6) is 5.75 Å². The standard InChI is InChI=1S/C15H17Br2N5O2/c1-15(2,3)12-13(23)19-14(22-20-12)21-18-7-8-5-9(16)11(24-4)10(17)6-8/h5-7H,1-4H3,(H2,19,21,22,23)/b18-7+. The van der Waals surface area contributed by atoms with Crippen molar-refractivity contribution in [3.05, 3.63) is 42.7 Å². The second kappa shape index (κ2) is 7.43. The van der Waals surface area contributed by atoms with E-state index in [1.807, 2.05) is 32.9 Å². The summed E-state index contributed by atoms with van der Waals surface area (Å²) in [5.41, 5.74) is 3.20. The van der Waals surface area contributed by atoms with Crippen molar-refractivity contribution >= 4 is 44.0 Å². The molecule has 2 aromatic rings. The van der Waals surface area contributed by atoms with Gasteiger partial charge in [-0.2, -0.15) is 5.10 Å². The Balaban J connectivity index is 2.15. The lowest BCUT2D eigenvalue weighted by Gasteiger charge is -2.15. The monoisotopic (exact) mass is 457 g/mol. The molecule has 0 bridgehead atoms. The number of aromatic nitrogens is 3. The second-order valence-electron chi connectivity index (χ2n) is 5.99. The summed E-state index contributed by atoms with van der Waals surface area (Å²) in [6.45, 7) is 5.70. The van der Waals surface area contributed by atoms with Gasteiger partial charge in [-0.15, -0.1) is 10.2 Å². The highest BCUT2D eigenvalue weighted by atomic mass is 79.9. The average molecular weight is 459 g/mol. The summed E-state index contributed by atoms with van der Waals surface area (Å²) in [5.74, 6) is 0.879. The number of halogens is 2. The van der Waals surface area contributed by atoms with Crippen molar-refractivity contribution in [1.82, 2.24) is 15.2 Å². The first-order valence-electron chi connectivity index (χ1n) is 7.02. The van der Waals surface area contributed by atoms with E-state index in [2.05, 4.69) is 57.6 Å². The van der Waals surface area contributed by atoms with Gasteiger partial charge in [0.25, 0.3) is 5.56 Å². The van der Waals surface area contributed by atoms with Crippen molar-refractivity contribution in [2.24, 2.45) is 5.10 Å². The minimum Gasteiger partial charge on any atom is -0.494 e. The van der Waals surface area contributed by atoms with Crippen LogP contribution in [0.3, 0.4) is 0 Å². The first kappa shape index (κ1) is 18.6. The van der Waals surface area contributed by atoms with Gasteiger partial charge in [-0.25, -0.2) is 5.43 Å². The molecule has 0 aliphatic heterocycles. The van der Waals surface area contributed by atoms with Gasteiger partial charge in [0.1, 0.15) is 11.4 Å². The summed E-state index contributed by atoms with van der Waals surface area (Å²) in [6.07, 6.45) is 1.59. The predicted octanol–water partition coefficient (Wildman–Crippen LogP) is 3.44. The number of benzene rings is 1. The van der Waals surface area contributed by atoms with Crippen molar-refractivity contribution in [3.63, 3.8) is 0 Å². The Morgan fingerprint density at radius 1 is 1.25 bits per heavy atom. The zero-order valence-corrected chi connectivity index (χ0v) is 16.8. The van der Waals surface area contributed by atoms with E-state index in [9.17, 15) is 4.79 Å². The van der Waals surface area contributed by atoms with Crippen LogP contribution in [0.4, 0.5) is 5.95 Å². The number of hydrogen-bond donors (Lipinski definition) is 2. The van der Waals surface area contributed by atoms with Crippen LogP contribution in [0, 0.1) is 0 Å². The summed E-state index contributed by atoms with van der Waals surface area (Å²) in [6, 6.07) is 3.71. The zero-order valence-electron chi connectivity index (χ0n) is 13.6. The molecule has 1 aromatic carbocycles. The number of methoxy groups -OCH3 is 1. The normalized spacial score (nSPS) is 11.8. The highest BCUT2D eigenvalue weighted by Gasteiger charge is 2.20. The highest BCUT2D eigenvalue weighted by molar-refractivity contribution is 9.11. The van der Waals surface area contributed by atoms with Crippen molar-refractivity contribution < 1.29 is 4.74 Å². The van der Waals surface area contributed by atoms with Crippen LogP contribution >= 0.6 is 31.9 Å². The topological polar surface area (TPSA) is 92.3 Å². The maximum atomic E-state index is 12.0. The van der Waals surface area contributed by atoms with Crippen LogP contribution in [0.1, 0.15) is 32.0 Å². The van der Waals surface area contributed by atoms with Gasteiger partial charge in [0.15, 0.2) is 0 Å². The molecule has 0 unspecified atom stereocenters. The van der Waals surface area contributed by atoms with Gasteiger partial charge in [-0.05, 0) is 49.6 Å². The van der Waals surface area contributed by atoms with Crippen molar-refractivity contribution in [2.45, 2.75) is 26.2 Å². The molecule has 0 fully saturated rings. The van der Waals surface area contributed by atoms with Crippen molar-refractivity contribution in [2.75, 3.05) is 12.5 Å². The fourth-order valence-electron chi connectivity index (χ4n) is 1.90. The summed E-state index contributed by atoms with van der Waals surface area (Å²) >= 11 is 6.85. The Bertz CT molecular complexity index is 804. The molecule has 0 saturated carbocycles. The average Bonchev–Trinajstić information content (AvgIpc) is 2.45. The fourth-order valence-corrected chi connectivity index (χ4v) is 3.44. The molecule has 2 N–H and O–H groups in total. The summed E-state index contributed by atoms with van der Waals surface area (Å²) in [4.78, 5) is 14.6. The molecule has 7 nitrogen and oxygen atoms in total. The molecule has 0 atom stereocenters. The van der Waals surface area contributed by atoms with Crippen LogP contribution in [0.25, 0.3) is 0 Å². The number of anilines is 1. The minimum absolute atomic E-state index is 0.177. The van der Waals surface area contributed by atoms with Gasteiger partial charge in [0.2, 0.25) is 5.95 Å². The molecule has 1 heterocycles. The molecule has 128 valence electrons. The molecule has 0 spiro atoms. The Hall–Kier alpha value is -1.74. The molecule has 9 heteroatoms. The van der Waals surface area contributed by atoms with E-state index < -0.39 is 0 Å². The quantitative estimate of drug-likeness (QED) is 0.540. The molecule has 0 radical (unpaired) electrons. The Labute approximate surface area is 156 Å². The van der Waals surface area contributed by atoms with Gasteiger partial charge in [0, 0.05) is 5.41 Å². The smallest absolute Gasteiger partial charge is 0.274 e. The second-order valence-corrected chi connectivity index (χ2v) is 7.70. The molecule has 24 heavy (non-hydrogen) atoms. The first-order valence-corrected chi connectivity index (χ1v) is 8.60. The largest absolute Gasteiger partial charge is 0.494 e. The van der Waals surface area contributed by atoms with Crippen molar-refractivity contribution in [3.8, 4) is 5.75 Å². The van der Waals surface area contributed by atoms with Gasteiger partial charge in [-0.1, -0.05) is 20.8 Å². The maximum Gasteiger partial charge on any atom is 0.274 e. The molecule has 0 aliphatic rings. The van der Waals surface area contributed by atoms with Gasteiger partial charge in [0.05, 0.1) is 22.3 Å². The molecule has 0 saturated heterocycles. The van der Waals surface area contributed by atoms with Crippen LogP contribution in [-0.4, -0.2) is 28.5 Å². The third-order valence-electron chi connectivity index (χ3n) is 3.02. The number of rotatable bonds is 4. The van der Waals surface area contributed by atoms with E-state index in [4.69, 9.17) is 4.74 Å². The van der Waals surface area contributed by atoms with Crippen LogP contribution in [-0.2, 0) is 5.41 Å². The summed E-state index contributed by atoms with van der Waals surface area (Å²) in [5, 5.41) is 11.9. The third kappa shape index (κ3) is 4.41. The number of aromatic amines is 1. The maximum absolute atomic E-state index is 12.0. The molecule has 1 aromatic heterocycles. The lowest BCUT2D eigenvalue weighted by molar-refractivity contribution is 0.409. The minimum atomic E-state index is -0.371. The number of ether oxygens (including phenoxy) is 1. The van der Waals surface area contributed by atoms with Gasteiger partial charge < -0.3 is 4.74 Å². The van der Waals surface area contributed by atoms with E-state index >= 15 is 0 Å². The number of hydrogen-bond acceptors (Lipinski definition) is 6. The Kier molecular flexibility index (Phi) is 5.76. The first-order chi connectivity index (χ1) is 11.2.